The maximum Gasteiger partial charge on any atom is 0.193 e. The van der Waals surface area contributed by atoms with E-state index < -0.39 is 5.78 Å². The molecule has 102 valence electrons. The van der Waals surface area contributed by atoms with E-state index in [2.05, 4.69) is 0 Å². The average Bonchev–Trinajstić information content (AvgIpc) is 2.48. The number of hydrogen-bond donors (Lipinski definition) is 2. The first-order valence-corrected chi connectivity index (χ1v) is 5.99. The first kappa shape index (κ1) is 13.7. The maximum absolute atomic E-state index is 12.1. The van der Waals surface area contributed by atoms with E-state index in [1.54, 1.807) is 30.3 Å². The molecule has 0 aliphatic carbocycles. The minimum Gasteiger partial charge on any atom is -0.507 e. The van der Waals surface area contributed by atoms with Gasteiger partial charge in [0.2, 0.25) is 0 Å². The number of hydrogen-bond acceptors (Lipinski definition) is 4. The van der Waals surface area contributed by atoms with Crippen LogP contribution in [0.3, 0.4) is 0 Å². The van der Waals surface area contributed by atoms with Gasteiger partial charge < -0.3 is 14.9 Å². The van der Waals surface area contributed by atoms with Crippen molar-refractivity contribution in [2.24, 2.45) is 0 Å². The number of phenols is 1. The summed E-state index contributed by atoms with van der Waals surface area (Å²) >= 11 is 0. The summed E-state index contributed by atoms with van der Waals surface area (Å²) < 4.78 is 5.00. The second kappa shape index (κ2) is 5.93. The number of carbonyl (C=O) groups excluding carboxylic acids is 1. The topological polar surface area (TPSA) is 66.8 Å². The number of ether oxygens (including phenoxy) is 1. The molecule has 0 atom stereocenters. The highest BCUT2D eigenvalue weighted by Gasteiger charge is 2.12. The zero-order valence-corrected chi connectivity index (χ0v) is 10.9. The van der Waals surface area contributed by atoms with Crippen LogP contribution in [0.4, 0.5) is 0 Å². The molecule has 4 nitrogen and oxygen atoms in total. The number of aliphatic hydroxyl groups is 1. The van der Waals surface area contributed by atoms with Crippen LogP contribution in [0.1, 0.15) is 15.9 Å². The molecule has 2 aromatic rings. The van der Waals surface area contributed by atoms with Gasteiger partial charge in [-0.25, -0.2) is 0 Å². The van der Waals surface area contributed by atoms with Crippen molar-refractivity contribution in [3.63, 3.8) is 0 Å². The Morgan fingerprint density at radius 3 is 2.50 bits per heavy atom. The normalized spacial score (nSPS) is 11.2. The molecule has 0 aliphatic heterocycles. The number of aromatic hydroxyl groups is 1. The third kappa shape index (κ3) is 2.98. The second-order valence-electron chi connectivity index (χ2n) is 4.14. The van der Waals surface area contributed by atoms with Gasteiger partial charge in [0.15, 0.2) is 5.78 Å². The van der Waals surface area contributed by atoms with Crippen LogP contribution >= 0.6 is 0 Å². The van der Waals surface area contributed by atoms with Gasteiger partial charge in [-0.3, -0.25) is 4.79 Å². The van der Waals surface area contributed by atoms with Crippen LogP contribution in [-0.4, -0.2) is 23.1 Å². The summed E-state index contributed by atoms with van der Waals surface area (Å²) in [4.78, 5) is 12.1. The Balaban J connectivity index is 2.32. The first-order chi connectivity index (χ1) is 9.61. The highest BCUT2D eigenvalue weighted by Crippen LogP contribution is 2.24. The summed E-state index contributed by atoms with van der Waals surface area (Å²) in [5, 5.41) is 19.6. The Morgan fingerprint density at radius 2 is 1.85 bits per heavy atom. The summed E-state index contributed by atoms with van der Waals surface area (Å²) in [6, 6.07) is 13.0. The van der Waals surface area contributed by atoms with Gasteiger partial charge >= 0.3 is 0 Å². The number of allylic oxidation sites excluding steroid dienone is 1. The zero-order valence-electron chi connectivity index (χ0n) is 10.9. The molecule has 0 spiro atoms. The van der Waals surface area contributed by atoms with E-state index in [1.807, 2.05) is 6.07 Å². The molecule has 2 aromatic carbocycles. The van der Waals surface area contributed by atoms with Gasteiger partial charge in [0.25, 0.3) is 0 Å². The van der Waals surface area contributed by atoms with Gasteiger partial charge in [0, 0.05) is 11.6 Å². The van der Waals surface area contributed by atoms with Crippen molar-refractivity contribution in [3.8, 4) is 11.5 Å². The third-order valence-corrected chi connectivity index (χ3v) is 2.81. The molecule has 0 fully saturated rings. The lowest BCUT2D eigenvalue weighted by Crippen LogP contribution is -1.98. The third-order valence-electron chi connectivity index (χ3n) is 2.81. The van der Waals surface area contributed by atoms with Crippen molar-refractivity contribution in [3.05, 3.63) is 65.7 Å². The van der Waals surface area contributed by atoms with Crippen LogP contribution in [0.2, 0.25) is 0 Å². The quantitative estimate of drug-likeness (QED) is 0.508. The number of aliphatic hydroxyl groups excluding tert-OH is 1. The molecule has 0 saturated carbocycles. The molecule has 0 amide bonds. The van der Waals surface area contributed by atoms with Crippen LogP contribution in [0.15, 0.2) is 54.6 Å². The number of phenolic OH excluding ortho intramolecular Hbond substituents is 1. The Hall–Kier alpha value is -2.75. The Labute approximate surface area is 116 Å². The molecule has 0 aromatic heterocycles. The lowest BCUT2D eigenvalue weighted by molar-refractivity contribution is 0.104. The minimum absolute atomic E-state index is 0.0758. The molecule has 2 rings (SSSR count). The molecule has 0 heterocycles. The number of ketones is 1. The summed E-state index contributed by atoms with van der Waals surface area (Å²) in [6.45, 7) is 0. The SMILES string of the molecule is COc1ccc(O)c(C(=O)C=C(O)c2ccccc2)c1. The lowest BCUT2D eigenvalue weighted by atomic mass is 10.1. The molecule has 0 saturated heterocycles. The van der Waals surface area contributed by atoms with Crippen LogP contribution in [0.5, 0.6) is 11.5 Å². The van der Waals surface area contributed by atoms with Crippen LogP contribution in [0, 0.1) is 0 Å². The predicted octanol–water partition coefficient (Wildman–Crippen LogP) is 3.18. The van der Waals surface area contributed by atoms with Crippen molar-refractivity contribution in [2.75, 3.05) is 7.11 Å². The fourth-order valence-corrected chi connectivity index (χ4v) is 1.73. The molecular formula is C16H14O4. The van der Waals surface area contributed by atoms with Crippen LogP contribution in [0.25, 0.3) is 5.76 Å². The van der Waals surface area contributed by atoms with Gasteiger partial charge in [0.1, 0.15) is 17.3 Å². The molecule has 0 bridgehead atoms. The summed E-state index contributed by atoms with van der Waals surface area (Å²) in [5.41, 5.74) is 0.607. The molecule has 2 N–H and O–H groups in total. The van der Waals surface area contributed by atoms with Crippen LogP contribution < -0.4 is 4.74 Å². The maximum atomic E-state index is 12.1. The van der Waals surface area contributed by atoms with Crippen molar-refractivity contribution in [1.82, 2.24) is 0 Å². The predicted molar refractivity (Wildman–Crippen MR) is 76.0 cm³/mol. The van der Waals surface area contributed by atoms with Gasteiger partial charge in [-0.15, -0.1) is 0 Å². The number of benzene rings is 2. The largest absolute Gasteiger partial charge is 0.507 e. The van der Waals surface area contributed by atoms with E-state index >= 15 is 0 Å². The summed E-state index contributed by atoms with van der Waals surface area (Å²) in [5.74, 6) is -0.354. The smallest absolute Gasteiger partial charge is 0.193 e. The first-order valence-electron chi connectivity index (χ1n) is 5.99. The average molecular weight is 270 g/mol. The molecule has 0 aliphatic rings. The second-order valence-corrected chi connectivity index (χ2v) is 4.14. The van der Waals surface area contributed by atoms with E-state index in [4.69, 9.17) is 4.74 Å². The number of methoxy groups -OCH3 is 1. The van der Waals surface area contributed by atoms with E-state index in [-0.39, 0.29) is 17.1 Å². The summed E-state index contributed by atoms with van der Waals surface area (Å²) in [7, 11) is 1.47. The van der Waals surface area contributed by atoms with Gasteiger partial charge in [-0.1, -0.05) is 30.3 Å². The van der Waals surface area contributed by atoms with Gasteiger partial charge in [0.05, 0.1) is 12.7 Å². The van der Waals surface area contributed by atoms with Crippen molar-refractivity contribution in [2.45, 2.75) is 0 Å². The van der Waals surface area contributed by atoms with Gasteiger partial charge in [-0.05, 0) is 18.2 Å². The lowest BCUT2D eigenvalue weighted by Gasteiger charge is -2.05. The van der Waals surface area contributed by atoms with Crippen molar-refractivity contribution in [1.29, 1.82) is 0 Å². The molecule has 4 heteroatoms. The van der Waals surface area contributed by atoms with Gasteiger partial charge in [-0.2, -0.15) is 0 Å². The van der Waals surface area contributed by atoms with E-state index in [1.165, 1.54) is 19.2 Å². The number of rotatable bonds is 4. The van der Waals surface area contributed by atoms with E-state index in [0.717, 1.165) is 6.08 Å². The standard InChI is InChI=1S/C16H14O4/c1-20-12-7-8-14(17)13(9-12)16(19)10-15(18)11-5-3-2-4-6-11/h2-10,17-18H,1H3. The molecule has 0 radical (unpaired) electrons. The molecule has 20 heavy (non-hydrogen) atoms. The zero-order chi connectivity index (χ0) is 14.5. The van der Waals surface area contributed by atoms with Crippen molar-refractivity contribution >= 4 is 11.5 Å². The highest BCUT2D eigenvalue weighted by atomic mass is 16.5. The summed E-state index contributed by atoms with van der Waals surface area (Å²) in [6.07, 6.45) is 1.07. The number of carbonyl (C=O) groups is 1. The Kier molecular flexibility index (Phi) is 4.05. The van der Waals surface area contributed by atoms with E-state index in [9.17, 15) is 15.0 Å². The van der Waals surface area contributed by atoms with E-state index in [0.29, 0.717) is 11.3 Å². The highest BCUT2D eigenvalue weighted by molar-refractivity contribution is 6.09. The molecular weight excluding hydrogens is 256 g/mol. The fourth-order valence-electron chi connectivity index (χ4n) is 1.73. The fraction of sp³-hybridized carbons (Fsp3) is 0.0625. The minimum atomic E-state index is -0.497. The van der Waals surface area contributed by atoms with Crippen molar-refractivity contribution < 1.29 is 19.7 Å². The van der Waals surface area contributed by atoms with Crippen LogP contribution in [-0.2, 0) is 0 Å². The Bertz CT molecular complexity index is 645. The molecule has 0 unspecified atom stereocenters. The monoisotopic (exact) mass is 270 g/mol. The Morgan fingerprint density at radius 1 is 1.15 bits per heavy atom.